The highest BCUT2D eigenvalue weighted by Crippen LogP contribution is 2.30. The van der Waals surface area contributed by atoms with Gasteiger partial charge in [0.25, 0.3) is 0 Å². The summed E-state index contributed by atoms with van der Waals surface area (Å²) in [5, 5.41) is 2.71. The number of ether oxygens (including phenoxy) is 1. The van der Waals surface area contributed by atoms with Gasteiger partial charge in [0.15, 0.2) is 0 Å². The summed E-state index contributed by atoms with van der Waals surface area (Å²) in [6.07, 6.45) is 0. The van der Waals surface area contributed by atoms with E-state index in [1.165, 1.54) is 21.7 Å². The number of rotatable bonds is 4. The first-order chi connectivity index (χ1) is 13.4. The Morgan fingerprint density at radius 2 is 1.75 bits per heavy atom. The number of aryl methyl sites for hydroxylation is 1. The Bertz CT molecular complexity index is 1090. The van der Waals surface area contributed by atoms with E-state index in [4.69, 9.17) is 4.74 Å². The summed E-state index contributed by atoms with van der Waals surface area (Å²) in [7, 11) is -3.51. The van der Waals surface area contributed by atoms with Gasteiger partial charge < -0.3 is 4.74 Å². The molecule has 146 valence electrons. The molecular formula is C20H19FN2O3S2. The van der Waals surface area contributed by atoms with Gasteiger partial charge in [-0.1, -0.05) is 12.1 Å². The Hall–Kier alpha value is -2.13. The molecule has 0 bridgehead atoms. The molecule has 1 aliphatic rings. The molecule has 3 aromatic rings. The molecule has 1 aromatic heterocycles. The van der Waals surface area contributed by atoms with E-state index in [0.29, 0.717) is 31.9 Å². The maximum absolute atomic E-state index is 13.5. The molecule has 0 atom stereocenters. The molecule has 2 heterocycles. The van der Waals surface area contributed by atoms with E-state index in [1.54, 1.807) is 43.3 Å². The van der Waals surface area contributed by atoms with E-state index in [1.807, 2.05) is 5.38 Å². The van der Waals surface area contributed by atoms with Crippen LogP contribution in [0, 0.1) is 12.7 Å². The van der Waals surface area contributed by atoms with Crippen LogP contribution in [0.25, 0.3) is 21.8 Å². The number of hydrogen-bond acceptors (Lipinski definition) is 5. The summed E-state index contributed by atoms with van der Waals surface area (Å²) in [6.45, 7) is 3.30. The Labute approximate surface area is 167 Å². The number of nitrogens with zero attached hydrogens (tertiary/aromatic N) is 2. The molecule has 8 heteroatoms. The molecule has 4 rings (SSSR count). The second-order valence-corrected chi connectivity index (χ2v) is 9.34. The highest BCUT2D eigenvalue weighted by Gasteiger charge is 2.26. The average Bonchev–Trinajstić information content (AvgIpc) is 3.21. The largest absolute Gasteiger partial charge is 0.379 e. The van der Waals surface area contributed by atoms with Crippen molar-refractivity contribution < 1.29 is 17.5 Å². The quantitative estimate of drug-likeness (QED) is 0.644. The van der Waals surface area contributed by atoms with Gasteiger partial charge in [0.2, 0.25) is 10.0 Å². The van der Waals surface area contributed by atoms with Gasteiger partial charge in [-0.05, 0) is 42.8 Å². The third kappa shape index (κ3) is 3.73. The SMILES string of the molecule is Cc1cc(-c2nc(-c3ccc(S(=O)(=O)N4CCOCC4)cc3)cs2)ccc1F. The van der Waals surface area contributed by atoms with E-state index in [-0.39, 0.29) is 10.7 Å². The zero-order chi connectivity index (χ0) is 19.7. The van der Waals surface area contributed by atoms with E-state index in [0.717, 1.165) is 21.8 Å². The lowest BCUT2D eigenvalue weighted by Gasteiger charge is -2.26. The molecule has 1 saturated heterocycles. The van der Waals surface area contributed by atoms with Crippen LogP contribution in [0.5, 0.6) is 0 Å². The van der Waals surface area contributed by atoms with Gasteiger partial charge in [-0.2, -0.15) is 4.31 Å². The van der Waals surface area contributed by atoms with Gasteiger partial charge in [-0.15, -0.1) is 11.3 Å². The van der Waals surface area contributed by atoms with Crippen LogP contribution >= 0.6 is 11.3 Å². The predicted octanol–water partition coefficient (Wildman–Crippen LogP) is 3.95. The van der Waals surface area contributed by atoms with Crippen molar-refractivity contribution in [3.05, 3.63) is 59.2 Å². The second-order valence-electron chi connectivity index (χ2n) is 6.54. The Kier molecular flexibility index (Phi) is 5.29. The summed E-state index contributed by atoms with van der Waals surface area (Å²) in [5.41, 5.74) is 3.04. The first-order valence-electron chi connectivity index (χ1n) is 8.85. The molecule has 0 amide bonds. The number of benzene rings is 2. The van der Waals surface area contributed by atoms with Crippen molar-refractivity contribution in [2.24, 2.45) is 0 Å². The van der Waals surface area contributed by atoms with Crippen molar-refractivity contribution >= 4 is 21.4 Å². The lowest BCUT2D eigenvalue weighted by Crippen LogP contribution is -2.40. The summed E-state index contributed by atoms with van der Waals surface area (Å²) >= 11 is 1.47. The number of morpholine rings is 1. The summed E-state index contributed by atoms with van der Waals surface area (Å²) in [4.78, 5) is 4.89. The molecule has 1 fully saturated rings. The molecule has 0 N–H and O–H groups in total. The van der Waals surface area contributed by atoms with Gasteiger partial charge in [0, 0.05) is 29.6 Å². The number of hydrogen-bond donors (Lipinski definition) is 0. The van der Waals surface area contributed by atoms with Crippen LogP contribution in [0.4, 0.5) is 4.39 Å². The van der Waals surface area contributed by atoms with Crippen LogP contribution in [0.15, 0.2) is 52.7 Å². The van der Waals surface area contributed by atoms with E-state index >= 15 is 0 Å². The second kappa shape index (κ2) is 7.71. The molecule has 28 heavy (non-hydrogen) atoms. The third-order valence-electron chi connectivity index (χ3n) is 4.67. The molecule has 0 radical (unpaired) electrons. The molecule has 0 unspecified atom stereocenters. The van der Waals surface area contributed by atoms with Gasteiger partial charge in [-0.3, -0.25) is 0 Å². The number of sulfonamides is 1. The Balaban J connectivity index is 1.57. The average molecular weight is 419 g/mol. The molecule has 2 aromatic carbocycles. The van der Waals surface area contributed by atoms with Crippen LogP contribution < -0.4 is 0 Å². The normalized spacial score (nSPS) is 15.6. The highest BCUT2D eigenvalue weighted by atomic mass is 32.2. The maximum Gasteiger partial charge on any atom is 0.243 e. The van der Waals surface area contributed by atoms with Crippen molar-refractivity contribution in [2.75, 3.05) is 26.3 Å². The zero-order valence-electron chi connectivity index (χ0n) is 15.3. The minimum atomic E-state index is -3.51. The van der Waals surface area contributed by atoms with Crippen LogP contribution in [0.1, 0.15) is 5.56 Å². The standard InChI is InChI=1S/C20H19FN2O3S2/c1-14-12-16(4-7-18(14)21)20-22-19(13-27-20)15-2-5-17(6-3-15)28(24,25)23-8-10-26-11-9-23/h2-7,12-13H,8-11H2,1H3. The first-order valence-corrected chi connectivity index (χ1v) is 11.2. The van der Waals surface area contributed by atoms with Gasteiger partial charge >= 0.3 is 0 Å². The predicted molar refractivity (Wildman–Crippen MR) is 107 cm³/mol. The smallest absolute Gasteiger partial charge is 0.243 e. The Morgan fingerprint density at radius 1 is 1.07 bits per heavy atom. The summed E-state index contributed by atoms with van der Waals surface area (Å²) in [6, 6.07) is 11.7. The van der Waals surface area contributed by atoms with E-state index < -0.39 is 10.0 Å². The Morgan fingerprint density at radius 3 is 2.43 bits per heavy atom. The van der Waals surface area contributed by atoms with Gasteiger partial charge in [0.05, 0.1) is 23.8 Å². The van der Waals surface area contributed by atoms with E-state index in [9.17, 15) is 12.8 Å². The zero-order valence-corrected chi connectivity index (χ0v) is 16.9. The topological polar surface area (TPSA) is 59.5 Å². The summed E-state index contributed by atoms with van der Waals surface area (Å²) in [5.74, 6) is -0.238. The fraction of sp³-hybridized carbons (Fsp3) is 0.250. The lowest BCUT2D eigenvalue weighted by atomic mass is 10.1. The lowest BCUT2D eigenvalue weighted by molar-refractivity contribution is 0.0730. The number of halogens is 1. The molecule has 0 aliphatic carbocycles. The van der Waals surface area contributed by atoms with Crippen molar-refractivity contribution in [3.8, 4) is 21.8 Å². The highest BCUT2D eigenvalue weighted by molar-refractivity contribution is 7.89. The number of thiazole rings is 1. The van der Waals surface area contributed by atoms with Gasteiger partial charge in [-0.25, -0.2) is 17.8 Å². The van der Waals surface area contributed by atoms with Crippen LogP contribution in [-0.2, 0) is 14.8 Å². The van der Waals surface area contributed by atoms with Crippen molar-refractivity contribution in [3.63, 3.8) is 0 Å². The maximum atomic E-state index is 13.5. The fourth-order valence-electron chi connectivity index (χ4n) is 3.05. The summed E-state index contributed by atoms with van der Waals surface area (Å²) < 4.78 is 45.6. The van der Waals surface area contributed by atoms with Crippen LogP contribution in [0.3, 0.4) is 0 Å². The van der Waals surface area contributed by atoms with Crippen LogP contribution in [0.2, 0.25) is 0 Å². The molecule has 1 aliphatic heterocycles. The molecule has 0 saturated carbocycles. The molecular weight excluding hydrogens is 399 g/mol. The van der Waals surface area contributed by atoms with Crippen LogP contribution in [-0.4, -0.2) is 44.0 Å². The molecule has 0 spiro atoms. The van der Waals surface area contributed by atoms with Gasteiger partial charge in [0.1, 0.15) is 10.8 Å². The third-order valence-corrected chi connectivity index (χ3v) is 7.47. The minimum Gasteiger partial charge on any atom is -0.379 e. The monoisotopic (exact) mass is 418 g/mol. The fourth-order valence-corrected chi connectivity index (χ4v) is 5.28. The van der Waals surface area contributed by atoms with Crippen molar-refractivity contribution in [1.82, 2.24) is 9.29 Å². The van der Waals surface area contributed by atoms with Crippen molar-refractivity contribution in [2.45, 2.75) is 11.8 Å². The number of aromatic nitrogens is 1. The van der Waals surface area contributed by atoms with Crippen molar-refractivity contribution in [1.29, 1.82) is 0 Å². The minimum absolute atomic E-state index is 0.238. The molecule has 5 nitrogen and oxygen atoms in total. The first kappa shape index (κ1) is 19.2. The van der Waals surface area contributed by atoms with E-state index in [2.05, 4.69) is 4.98 Å².